The summed E-state index contributed by atoms with van der Waals surface area (Å²) in [5, 5.41) is 0. The standard InChI is InChI=1S/C15H25N/c1-11-8-9-16-10-12(11)13(14(2,3)4)15(5,6)7/h8-10,13H,1-7H3. The summed E-state index contributed by atoms with van der Waals surface area (Å²) in [5.74, 6) is 0.522. The molecule has 1 aromatic heterocycles. The fourth-order valence-electron chi connectivity index (χ4n) is 3.01. The van der Waals surface area contributed by atoms with Crippen molar-refractivity contribution in [2.24, 2.45) is 10.8 Å². The van der Waals surface area contributed by atoms with Gasteiger partial charge in [0.25, 0.3) is 0 Å². The lowest BCUT2D eigenvalue weighted by atomic mass is 9.63. The molecule has 1 heterocycles. The fraction of sp³-hybridized carbons (Fsp3) is 0.667. The van der Waals surface area contributed by atoms with Crippen LogP contribution >= 0.6 is 0 Å². The lowest BCUT2D eigenvalue weighted by molar-refractivity contribution is 0.175. The third-order valence-corrected chi connectivity index (χ3v) is 3.12. The van der Waals surface area contributed by atoms with E-state index in [1.54, 1.807) is 0 Å². The van der Waals surface area contributed by atoms with Crippen molar-refractivity contribution < 1.29 is 0 Å². The van der Waals surface area contributed by atoms with Crippen molar-refractivity contribution in [3.8, 4) is 0 Å². The molecule has 0 aromatic carbocycles. The molecule has 90 valence electrons. The van der Waals surface area contributed by atoms with Crippen molar-refractivity contribution in [3.63, 3.8) is 0 Å². The first-order chi connectivity index (χ1) is 7.14. The summed E-state index contributed by atoms with van der Waals surface area (Å²) < 4.78 is 0. The molecule has 0 N–H and O–H groups in total. The summed E-state index contributed by atoms with van der Waals surface area (Å²) in [6.07, 6.45) is 3.91. The van der Waals surface area contributed by atoms with Gasteiger partial charge in [-0.1, -0.05) is 41.5 Å². The summed E-state index contributed by atoms with van der Waals surface area (Å²) in [7, 11) is 0. The Morgan fingerprint density at radius 2 is 1.50 bits per heavy atom. The van der Waals surface area contributed by atoms with Gasteiger partial charge in [-0.25, -0.2) is 0 Å². The van der Waals surface area contributed by atoms with Gasteiger partial charge in [-0.15, -0.1) is 0 Å². The van der Waals surface area contributed by atoms with E-state index in [1.165, 1.54) is 11.1 Å². The molecule has 0 saturated carbocycles. The van der Waals surface area contributed by atoms with Crippen molar-refractivity contribution in [1.29, 1.82) is 0 Å². The third kappa shape index (κ3) is 2.84. The Kier molecular flexibility index (Phi) is 3.47. The van der Waals surface area contributed by atoms with E-state index in [0.717, 1.165) is 0 Å². The topological polar surface area (TPSA) is 12.9 Å². The van der Waals surface area contributed by atoms with Gasteiger partial charge in [0.2, 0.25) is 0 Å². The number of nitrogens with zero attached hydrogens (tertiary/aromatic N) is 1. The molecule has 0 spiro atoms. The van der Waals surface area contributed by atoms with Gasteiger partial charge in [0.05, 0.1) is 0 Å². The van der Waals surface area contributed by atoms with Crippen LogP contribution in [0.3, 0.4) is 0 Å². The lowest BCUT2D eigenvalue weighted by Crippen LogP contribution is -2.31. The van der Waals surface area contributed by atoms with Crippen molar-refractivity contribution in [2.75, 3.05) is 0 Å². The minimum Gasteiger partial charge on any atom is -0.264 e. The molecule has 1 rings (SSSR count). The summed E-state index contributed by atoms with van der Waals surface area (Å²) in [6.45, 7) is 16.1. The van der Waals surface area contributed by atoms with Gasteiger partial charge in [-0.3, -0.25) is 4.98 Å². The Hall–Kier alpha value is -0.850. The predicted molar refractivity (Wildman–Crippen MR) is 70.6 cm³/mol. The highest BCUT2D eigenvalue weighted by atomic mass is 14.6. The van der Waals surface area contributed by atoms with E-state index in [2.05, 4.69) is 59.5 Å². The zero-order valence-electron chi connectivity index (χ0n) is 11.8. The molecule has 16 heavy (non-hydrogen) atoms. The van der Waals surface area contributed by atoms with Crippen molar-refractivity contribution in [2.45, 2.75) is 54.4 Å². The maximum atomic E-state index is 4.29. The summed E-state index contributed by atoms with van der Waals surface area (Å²) in [5.41, 5.74) is 3.25. The normalized spacial score (nSPS) is 13.2. The Morgan fingerprint density at radius 1 is 1.00 bits per heavy atom. The van der Waals surface area contributed by atoms with Gasteiger partial charge in [0.15, 0.2) is 0 Å². The third-order valence-electron chi connectivity index (χ3n) is 3.12. The van der Waals surface area contributed by atoms with Crippen molar-refractivity contribution in [3.05, 3.63) is 29.6 Å². The second kappa shape index (κ2) is 4.20. The minimum absolute atomic E-state index is 0.256. The summed E-state index contributed by atoms with van der Waals surface area (Å²) >= 11 is 0. The first-order valence-corrected chi connectivity index (χ1v) is 6.04. The van der Waals surface area contributed by atoms with Crippen LogP contribution in [-0.2, 0) is 0 Å². The van der Waals surface area contributed by atoms with E-state index in [9.17, 15) is 0 Å². The minimum atomic E-state index is 0.256. The quantitative estimate of drug-likeness (QED) is 0.674. The van der Waals surface area contributed by atoms with Crippen LogP contribution in [0.1, 0.15) is 58.6 Å². The van der Waals surface area contributed by atoms with E-state index in [1.807, 2.05) is 12.4 Å². The van der Waals surface area contributed by atoms with Crippen LogP contribution in [0, 0.1) is 17.8 Å². The highest BCUT2D eigenvalue weighted by molar-refractivity contribution is 5.28. The first kappa shape index (κ1) is 13.2. The number of rotatable bonds is 1. The first-order valence-electron chi connectivity index (χ1n) is 6.04. The van der Waals surface area contributed by atoms with Crippen LogP contribution in [0.25, 0.3) is 0 Å². The molecule has 1 heteroatoms. The van der Waals surface area contributed by atoms with Gasteiger partial charge in [-0.05, 0) is 40.9 Å². The highest BCUT2D eigenvalue weighted by Crippen LogP contribution is 2.47. The zero-order chi connectivity index (χ0) is 12.6. The smallest absolute Gasteiger partial charge is 0.0305 e. The second-order valence-corrected chi connectivity index (χ2v) is 6.90. The Balaban J connectivity index is 3.29. The molecule has 1 nitrogen and oxygen atoms in total. The molecule has 1 aromatic rings. The second-order valence-electron chi connectivity index (χ2n) is 6.90. The average molecular weight is 219 g/mol. The number of hydrogen-bond donors (Lipinski definition) is 0. The fourth-order valence-corrected chi connectivity index (χ4v) is 3.01. The SMILES string of the molecule is Cc1ccncc1C(C(C)(C)C)C(C)(C)C. The Morgan fingerprint density at radius 3 is 1.88 bits per heavy atom. The van der Waals surface area contributed by atoms with Gasteiger partial charge in [0, 0.05) is 12.4 Å². The number of aromatic nitrogens is 1. The van der Waals surface area contributed by atoms with Gasteiger partial charge < -0.3 is 0 Å². The van der Waals surface area contributed by atoms with Crippen LogP contribution in [0.15, 0.2) is 18.5 Å². The van der Waals surface area contributed by atoms with Crippen LogP contribution < -0.4 is 0 Å². The Labute approximate surface area is 100 Å². The van der Waals surface area contributed by atoms with Gasteiger partial charge >= 0.3 is 0 Å². The summed E-state index contributed by atoms with van der Waals surface area (Å²) in [6, 6.07) is 2.11. The van der Waals surface area contributed by atoms with Crippen molar-refractivity contribution >= 4 is 0 Å². The maximum Gasteiger partial charge on any atom is 0.0305 e. The Bertz CT molecular complexity index is 338. The molecule has 0 amide bonds. The molecule has 0 aliphatic rings. The van der Waals surface area contributed by atoms with Gasteiger partial charge in [0.1, 0.15) is 0 Å². The molecule has 0 saturated heterocycles. The van der Waals surface area contributed by atoms with E-state index < -0.39 is 0 Å². The van der Waals surface area contributed by atoms with E-state index in [0.29, 0.717) is 5.92 Å². The maximum absolute atomic E-state index is 4.29. The molecular weight excluding hydrogens is 194 g/mol. The van der Waals surface area contributed by atoms with E-state index in [-0.39, 0.29) is 10.8 Å². The van der Waals surface area contributed by atoms with Crippen LogP contribution in [0.4, 0.5) is 0 Å². The molecule has 0 bridgehead atoms. The molecule has 0 fully saturated rings. The largest absolute Gasteiger partial charge is 0.264 e. The number of aryl methyl sites for hydroxylation is 1. The monoisotopic (exact) mass is 219 g/mol. The van der Waals surface area contributed by atoms with Crippen LogP contribution in [0.5, 0.6) is 0 Å². The predicted octanol–water partition coefficient (Wildman–Crippen LogP) is 4.57. The molecule has 0 atom stereocenters. The molecule has 0 aliphatic carbocycles. The molecule has 0 unspecified atom stereocenters. The molecule has 0 radical (unpaired) electrons. The number of hydrogen-bond acceptors (Lipinski definition) is 1. The van der Waals surface area contributed by atoms with Crippen LogP contribution in [-0.4, -0.2) is 4.98 Å². The van der Waals surface area contributed by atoms with E-state index >= 15 is 0 Å². The van der Waals surface area contributed by atoms with Crippen LogP contribution in [0.2, 0.25) is 0 Å². The highest BCUT2D eigenvalue weighted by Gasteiger charge is 2.36. The van der Waals surface area contributed by atoms with Crippen molar-refractivity contribution in [1.82, 2.24) is 4.98 Å². The van der Waals surface area contributed by atoms with E-state index in [4.69, 9.17) is 0 Å². The summed E-state index contributed by atoms with van der Waals surface area (Å²) in [4.78, 5) is 4.29. The van der Waals surface area contributed by atoms with Gasteiger partial charge in [-0.2, -0.15) is 0 Å². The molecule has 0 aliphatic heterocycles. The number of pyridine rings is 1. The average Bonchev–Trinajstić information content (AvgIpc) is 2.03. The lowest BCUT2D eigenvalue weighted by Gasteiger charge is -2.41. The molecular formula is C15H25N. The zero-order valence-corrected chi connectivity index (χ0v) is 11.8.